The van der Waals surface area contributed by atoms with Crippen molar-refractivity contribution in [3.63, 3.8) is 0 Å². The molecule has 8 heteroatoms. The molecule has 0 radical (unpaired) electrons. The number of carbonyl (C=O) groups is 3. The van der Waals surface area contributed by atoms with Gasteiger partial charge in [0.1, 0.15) is 18.8 Å². The Balaban J connectivity index is 2.83. The van der Waals surface area contributed by atoms with E-state index in [2.05, 4.69) is 0 Å². The number of hydrogen-bond acceptors (Lipinski definition) is 8. The summed E-state index contributed by atoms with van der Waals surface area (Å²) in [5.74, 6) is -1.51. The molecule has 0 aromatic heterocycles. The molecule has 4 atom stereocenters. The summed E-state index contributed by atoms with van der Waals surface area (Å²) in [7, 11) is 1.40. The minimum absolute atomic E-state index is 0.0172. The molecule has 1 heterocycles. The summed E-state index contributed by atoms with van der Waals surface area (Å²) in [6.07, 6.45) is -2.93. The highest BCUT2D eigenvalue weighted by atomic mass is 16.6. The van der Waals surface area contributed by atoms with Crippen molar-refractivity contribution in [1.82, 2.24) is 0 Å². The van der Waals surface area contributed by atoms with Crippen molar-refractivity contribution in [3.8, 4) is 0 Å². The quantitative estimate of drug-likeness (QED) is 0.510. The van der Waals surface area contributed by atoms with Gasteiger partial charge in [0, 0.05) is 27.9 Å². The van der Waals surface area contributed by atoms with Crippen LogP contribution in [-0.4, -0.2) is 62.6 Å². The van der Waals surface area contributed by atoms with E-state index >= 15 is 0 Å². The molecule has 1 saturated heterocycles. The molecule has 21 heavy (non-hydrogen) atoms. The number of esters is 3. The maximum absolute atomic E-state index is 11.2. The lowest BCUT2D eigenvalue weighted by Gasteiger charge is -2.40. The Kier molecular flexibility index (Phi) is 6.57. The minimum Gasteiger partial charge on any atom is -0.463 e. The zero-order valence-electron chi connectivity index (χ0n) is 12.5. The van der Waals surface area contributed by atoms with Gasteiger partial charge in [0.25, 0.3) is 0 Å². The van der Waals surface area contributed by atoms with Gasteiger partial charge in [-0.05, 0) is 0 Å². The van der Waals surface area contributed by atoms with E-state index in [0.717, 1.165) is 0 Å². The molecule has 0 amide bonds. The molecule has 0 aromatic rings. The molecule has 0 unspecified atom stereocenters. The van der Waals surface area contributed by atoms with Crippen LogP contribution < -0.4 is 0 Å². The second-order valence-corrected chi connectivity index (χ2v) is 4.60. The Morgan fingerprint density at radius 3 is 2.10 bits per heavy atom. The van der Waals surface area contributed by atoms with Gasteiger partial charge in [0.2, 0.25) is 0 Å². The second-order valence-electron chi connectivity index (χ2n) is 4.60. The average molecular weight is 304 g/mol. The van der Waals surface area contributed by atoms with Crippen molar-refractivity contribution in [2.24, 2.45) is 0 Å². The predicted molar refractivity (Wildman–Crippen MR) is 68.3 cm³/mol. The first kappa shape index (κ1) is 17.4. The van der Waals surface area contributed by atoms with Crippen LogP contribution in [0.25, 0.3) is 0 Å². The Morgan fingerprint density at radius 1 is 1.00 bits per heavy atom. The number of hydrogen-bond donors (Lipinski definition) is 0. The molecule has 1 aliphatic heterocycles. The van der Waals surface area contributed by atoms with Crippen molar-refractivity contribution in [3.05, 3.63) is 0 Å². The van der Waals surface area contributed by atoms with Gasteiger partial charge in [-0.25, -0.2) is 0 Å². The number of ether oxygens (including phenoxy) is 5. The average Bonchev–Trinajstić information content (AvgIpc) is 2.37. The largest absolute Gasteiger partial charge is 0.463 e. The number of rotatable bonds is 5. The third-order valence-corrected chi connectivity index (χ3v) is 2.87. The fourth-order valence-electron chi connectivity index (χ4n) is 2.11. The molecular weight excluding hydrogens is 284 g/mol. The lowest BCUT2D eigenvalue weighted by Crippen LogP contribution is -2.57. The monoisotopic (exact) mass is 304 g/mol. The molecule has 0 saturated carbocycles. The van der Waals surface area contributed by atoms with Crippen LogP contribution in [0.15, 0.2) is 0 Å². The summed E-state index contributed by atoms with van der Waals surface area (Å²) in [5, 5.41) is 0. The van der Waals surface area contributed by atoms with Crippen LogP contribution in [0.1, 0.15) is 20.8 Å². The Bertz CT molecular complexity index is 394. The molecule has 1 fully saturated rings. The lowest BCUT2D eigenvalue weighted by atomic mass is 9.99. The van der Waals surface area contributed by atoms with E-state index in [1.165, 1.54) is 27.9 Å². The number of carbonyl (C=O) groups excluding carboxylic acids is 3. The van der Waals surface area contributed by atoms with Crippen LogP contribution >= 0.6 is 0 Å². The maximum Gasteiger partial charge on any atom is 0.303 e. The molecular formula is C13H20O8. The lowest BCUT2D eigenvalue weighted by molar-refractivity contribution is -0.228. The van der Waals surface area contributed by atoms with E-state index in [1.54, 1.807) is 0 Å². The summed E-state index contributed by atoms with van der Waals surface area (Å²) in [4.78, 5) is 33.2. The summed E-state index contributed by atoms with van der Waals surface area (Å²) in [6, 6.07) is 0. The summed E-state index contributed by atoms with van der Waals surface area (Å²) >= 11 is 0. The molecule has 0 bridgehead atoms. The van der Waals surface area contributed by atoms with E-state index in [4.69, 9.17) is 23.7 Å². The van der Waals surface area contributed by atoms with Crippen molar-refractivity contribution >= 4 is 17.9 Å². The van der Waals surface area contributed by atoms with Gasteiger partial charge in [0.05, 0.1) is 6.61 Å². The fourth-order valence-corrected chi connectivity index (χ4v) is 2.11. The van der Waals surface area contributed by atoms with Gasteiger partial charge in [-0.1, -0.05) is 0 Å². The van der Waals surface area contributed by atoms with E-state index < -0.39 is 42.3 Å². The molecule has 1 rings (SSSR count). The third-order valence-electron chi connectivity index (χ3n) is 2.87. The Labute approximate surface area is 122 Å². The predicted octanol–water partition coefficient (Wildman–Crippen LogP) is -0.173. The summed E-state index contributed by atoms with van der Waals surface area (Å²) < 4.78 is 25.9. The second kappa shape index (κ2) is 7.94. The van der Waals surface area contributed by atoms with Crippen molar-refractivity contribution in [2.75, 3.05) is 20.3 Å². The zero-order valence-corrected chi connectivity index (χ0v) is 12.5. The molecule has 0 aromatic carbocycles. The highest BCUT2D eigenvalue weighted by Gasteiger charge is 2.45. The molecule has 0 N–H and O–H groups in total. The molecule has 0 spiro atoms. The molecule has 0 aliphatic carbocycles. The minimum atomic E-state index is -0.828. The van der Waals surface area contributed by atoms with Crippen molar-refractivity contribution < 1.29 is 38.1 Å². The first-order valence-electron chi connectivity index (χ1n) is 6.47. The normalized spacial score (nSPS) is 28.6. The smallest absolute Gasteiger partial charge is 0.303 e. The van der Waals surface area contributed by atoms with Crippen LogP contribution in [0.3, 0.4) is 0 Å². The molecule has 8 nitrogen and oxygen atoms in total. The summed E-state index contributed by atoms with van der Waals surface area (Å²) in [6.45, 7) is 3.74. The summed E-state index contributed by atoms with van der Waals surface area (Å²) in [5.41, 5.74) is 0. The van der Waals surface area contributed by atoms with Crippen molar-refractivity contribution in [1.29, 1.82) is 0 Å². The maximum atomic E-state index is 11.2. The zero-order chi connectivity index (χ0) is 16.0. The van der Waals surface area contributed by atoms with Crippen LogP contribution in [0.2, 0.25) is 0 Å². The first-order valence-corrected chi connectivity index (χ1v) is 6.47. The van der Waals surface area contributed by atoms with Gasteiger partial charge in [-0.15, -0.1) is 0 Å². The van der Waals surface area contributed by atoms with Crippen LogP contribution in [0.4, 0.5) is 0 Å². The Morgan fingerprint density at radius 2 is 1.62 bits per heavy atom. The van der Waals surface area contributed by atoms with E-state index in [9.17, 15) is 14.4 Å². The molecule has 120 valence electrons. The van der Waals surface area contributed by atoms with Crippen molar-refractivity contribution in [2.45, 2.75) is 45.2 Å². The van der Waals surface area contributed by atoms with Crippen LogP contribution in [-0.2, 0) is 38.1 Å². The van der Waals surface area contributed by atoms with E-state index in [1.807, 2.05) is 0 Å². The van der Waals surface area contributed by atoms with Gasteiger partial charge < -0.3 is 23.7 Å². The van der Waals surface area contributed by atoms with Gasteiger partial charge in [-0.2, -0.15) is 0 Å². The first-order chi connectivity index (χ1) is 9.85. The van der Waals surface area contributed by atoms with Crippen LogP contribution in [0, 0.1) is 0 Å². The topological polar surface area (TPSA) is 97.4 Å². The van der Waals surface area contributed by atoms with E-state index in [-0.39, 0.29) is 13.2 Å². The Hall–Kier alpha value is -1.67. The number of methoxy groups -OCH3 is 1. The van der Waals surface area contributed by atoms with Crippen LogP contribution in [0.5, 0.6) is 0 Å². The van der Waals surface area contributed by atoms with Gasteiger partial charge >= 0.3 is 17.9 Å². The van der Waals surface area contributed by atoms with Gasteiger partial charge in [-0.3, -0.25) is 14.4 Å². The van der Waals surface area contributed by atoms with Gasteiger partial charge in [0.15, 0.2) is 12.2 Å². The molecule has 1 aliphatic rings. The SMILES string of the molecule is CO[C@@H]1[C@H](OC(C)=O)[C@@H](OC(C)=O)CO[C@@H]1COC(C)=O. The highest BCUT2D eigenvalue weighted by Crippen LogP contribution is 2.24. The standard InChI is InChI=1S/C13H20O8/c1-7(14)18-5-10-12(17-4)13(21-9(3)16)11(6-19-10)20-8(2)15/h10-13H,5-6H2,1-4H3/t10-,11+,12+,13-/m1/s1. The van der Waals surface area contributed by atoms with E-state index in [0.29, 0.717) is 0 Å². The highest BCUT2D eigenvalue weighted by molar-refractivity contribution is 5.67. The fraction of sp³-hybridized carbons (Fsp3) is 0.769. The third kappa shape index (κ3) is 5.31.